The molecule has 0 heterocycles. The van der Waals surface area contributed by atoms with Crippen LogP contribution in [0.5, 0.6) is 5.75 Å². The van der Waals surface area contributed by atoms with Crippen LogP contribution in [-0.2, 0) is 10.0 Å². The number of benzene rings is 4. The molecule has 4 rings (SSSR count). The van der Waals surface area contributed by atoms with E-state index in [0.29, 0.717) is 21.4 Å². The summed E-state index contributed by atoms with van der Waals surface area (Å²) in [7, 11) is -3.90. The van der Waals surface area contributed by atoms with Crippen molar-refractivity contribution in [2.45, 2.75) is 19.6 Å². The molecule has 33 heavy (non-hydrogen) atoms. The summed E-state index contributed by atoms with van der Waals surface area (Å²) in [6, 6.07) is 25.1. The fourth-order valence-corrected chi connectivity index (χ4v) is 6.08. The molecule has 0 radical (unpaired) electrons. The van der Waals surface area contributed by atoms with E-state index < -0.39 is 10.0 Å². The van der Waals surface area contributed by atoms with Crippen LogP contribution in [0.2, 0.25) is 0 Å². The van der Waals surface area contributed by atoms with Crippen LogP contribution in [-0.4, -0.2) is 24.4 Å². The van der Waals surface area contributed by atoms with Crippen molar-refractivity contribution >= 4 is 50.0 Å². The molecule has 168 valence electrons. The largest absolute Gasteiger partial charge is 0.512 e. The van der Waals surface area contributed by atoms with Crippen molar-refractivity contribution in [1.82, 2.24) is 0 Å². The van der Waals surface area contributed by atoms with Gasteiger partial charge in [0.15, 0.2) is 0 Å². The Kier molecular flexibility index (Phi) is 6.88. The molecule has 3 N–H and O–H groups in total. The summed E-state index contributed by atoms with van der Waals surface area (Å²) in [5.74, 6) is 0.167. The molecule has 8 heteroatoms. The van der Waals surface area contributed by atoms with Crippen LogP contribution in [0.25, 0.3) is 10.8 Å². The van der Waals surface area contributed by atoms with Gasteiger partial charge in [0.25, 0.3) is 10.0 Å². The van der Waals surface area contributed by atoms with Gasteiger partial charge in [-0.15, -0.1) is 11.8 Å². The number of fused-ring (bicyclic) bond motifs is 1. The second-order valence-electron chi connectivity index (χ2n) is 7.17. The zero-order valence-electron chi connectivity index (χ0n) is 17.4. The number of phenolic OH excluding ortho intramolecular Hbond substituents is 1. The Balaban J connectivity index is 1.69. The lowest BCUT2D eigenvalue weighted by atomic mass is 10.1. The molecule has 0 spiro atoms. The predicted octanol–water partition coefficient (Wildman–Crippen LogP) is 6.66. The second kappa shape index (κ2) is 9.82. The van der Waals surface area contributed by atoms with Crippen molar-refractivity contribution in [3.05, 3.63) is 97.3 Å². The number of aliphatic hydroxyl groups is 1. The number of hydrogen-bond donors (Lipinski definition) is 3. The second-order valence-corrected chi connectivity index (χ2v) is 11.0. The van der Waals surface area contributed by atoms with E-state index in [1.807, 2.05) is 36.4 Å². The highest BCUT2D eigenvalue weighted by atomic mass is 32.2. The molecule has 0 aliphatic heterocycles. The number of aliphatic hydroxyl groups excluding tert-OH is 1. The monoisotopic (exact) mass is 495 g/mol. The molecule has 0 bridgehead atoms. The van der Waals surface area contributed by atoms with Gasteiger partial charge in [-0.1, -0.05) is 66.9 Å². The van der Waals surface area contributed by atoms with Crippen molar-refractivity contribution < 1.29 is 18.6 Å². The average molecular weight is 496 g/mol. The van der Waals surface area contributed by atoms with Gasteiger partial charge in [0.05, 0.1) is 27.0 Å². The maximum Gasteiger partial charge on any atom is 0.261 e. The predicted molar refractivity (Wildman–Crippen MR) is 136 cm³/mol. The average Bonchev–Trinajstić information content (AvgIpc) is 2.81. The van der Waals surface area contributed by atoms with Crippen LogP contribution in [0, 0.1) is 0 Å². The van der Waals surface area contributed by atoms with Gasteiger partial charge in [0, 0.05) is 20.6 Å². The molecule has 0 saturated heterocycles. The highest BCUT2D eigenvalue weighted by Gasteiger charge is 2.19. The van der Waals surface area contributed by atoms with Crippen molar-refractivity contribution in [3.8, 4) is 5.75 Å². The van der Waals surface area contributed by atoms with Crippen LogP contribution in [0.1, 0.15) is 0 Å². The molecular formula is C25H21NO4S3. The zero-order valence-corrected chi connectivity index (χ0v) is 19.9. The number of nitrogens with one attached hydrogen (secondary N) is 1. The molecule has 5 nitrogen and oxygen atoms in total. The van der Waals surface area contributed by atoms with Crippen molar-refractivity contribution in [1.29, 1.82) is 0 Å². The first kappa shape index (κ1) is 23.1. The summed E-state index contributed by atoms with van der Waals surface area (Å²) in [5, 5.41) is 21.2. The Morgan fingerprint density at radius 2 is 1.55 bits per heavy atom. The van der Waals surface area contributed by atoms with Crippen molar-refractivity contribution in [2.75, 3.05) is 10.5 Å². The Morgan fingerprint density at radius 1 is 0.879 bits per heavy atom. The van der Waals surface area contributed by atoms with Gasteiger partial charge in [-0.25, -0.2) is 8.42 Å². The molecule has 0 aromatic heterocycles. The summed E-state index contributed by atoms with van der Waals surface area (Å²) in [4.78, 5) is 2.39. The molecule has 4 aromatic carbocycles. The maximum atomic E-state index is 13.3. The van der Waals surface area contributed by atoms with E-state index in [4.69, 9.17) is 0 Å². The smallest absolute Gasteiger partial charge is 0.261 e. The molecule has 0 unspecified atom stereocenters. The minimum Gasteiger partial charge on any atom is -0.512 e. The number of hydrogen-bond acceptors (Lipinski definition) is 6. The summed E-state index contributed by atoms with van der Waals surface area (Å²) >= 11 is 2.65. The van der Waals surface area contributed by atoms with E-state index in [2.05, 4.69) is 11.3 Å². The van der Waals surface area contributed by atoms with Gasteiger partial charge in [0.1, 0.15) is 5.75 Å². The van der Waals surface area contributed by atoms with Crippen molar-refractivity contribution in [2.24, 2.45) is 0 Å². The SMILES string of the molecule is C=C(O)CSc1cc(NS(=O)(=O)c2cccc(Sc3ccccc3)c2)c2ccccc2c1O. The maximum absolute atomic E-state index is 13.3. The fraction of sp³-hybridized carbons (Fsp3) is 0.0400. The Morgan fingerprint density at radius 3 is 2.27 bits per heavy atom. The normalized spacial score (nSPS) is 11.4. The highest BCUT2D eigenvalue weighted by molar-refractivity contribution is 7.99. The van der Waals surface area contributed by atoms with Crippen molar-refractivity contribution in [3.63, 3.8) is 0 Å². The highest BCUT2D eigenvalue weighted by Crippen LogP contribution is 2.41. The minimum absolute atomic E-state index is 0.0288. The first-order valence-electron chi connectivity index (χ1n) is 9.93. The molecule has 4 aromatic rings. The van der Waals surface area contributed by atoms with Crippen LogP contribution < -0.4 is 4.72 Å². The number of rotatable bonds is 8. The van der Waals surface area contributed by atoms with Gasteiger partial charge in [-0.2, -0.15) is 0 Å². The molecular weight excluding hydrogens is 474 g/mol. The van der Waals surface area contributed by atoms with Crippen LogP contribution in [0.4, 0.5) is 5.69 Å². The lowest BCUT2D eigenvalue weighted by Crippen LogP contribution is -2.13. The zero-order chi connectivity index (χ0) is 23.4. The molecule has 0 fully saturated rings. The number of phenols is 1. The lowest BCUT2D eigenvalue weighted by molar-refractivity contribution is 0.420. The van der Waals surface area contributed by atoms with Gasteiger partial charge in [0.2, 0.25) is 0 Å². The van der Waals surface area contributed by atoms with Crippen LogP contribution in [0.3, 0.4) is 0 Å². The number of aromatic hydroxyl groups is 1. The fourth-order valence-electron chi connectivity index (χ4n) is 3.22. The van der Waals surface area contributed by atoms with Crippen LogP contribution in [0.15, 0.2) is 117 Å². The van der Waals surface area contributed by atoms with E-state index in [1.54, 1.807) is 48.5 Å². The van der Waals surface area contributed by atoms with Gasteiger partial charge >= 0.3 is 0 Å². The number of anilines is 1. The number of sulfonamides is 1. The van der Waals surface area contributed by atoms with Gasteiger partial charge in [-0.05, 0) is 36.4 Å². The molecule has 0 atom stereocenters. The van der Waals surface area contributed by atoms with E-state index in [0.717, 1.165) is 9.79 Å². The summed E-state index contributed by atoms with van der Waals surface area (Å²) in [6.45, 7) is 3.46. The van der Waals surface area contributed by atoms with E-state index in [1.165, 1.54) is 23.5 Å². The Labute approximate surface area is 201 Å². The minimum atomic E-state index is -3.90. The first-order valence-corrected chi connectivity index (χ1v) is 13.2. The third-order valence-electron chi connectivity index (χ3n) is 4.71. The summed E-state index contributed by atoms with van der Waals surface area (Å²) in [6.07, 6.45) is 0. The third kappa shape index (κ3) is 5.47. The van der Waals surface area contributed by atoms with E-state index in [9.17, 15) is 18.6 Å². The molecule has 0 saturated carbocycles. The number of thioether (sulfide) groups is 1. The van der Waals surface area contributed by atoms with Gasteiger partial charge in [-0.3, -0.25) is 4.72 Å². The first-order chi connectivity index (χ1) is 15.8. The Bertz CT molecular complexity index is 1420. The lowest BCUT2D eigenvalue weighted by Gasteiger charge is -2.15. The van der Waals surface area contributed by atoms with Crippen LogP contribution >= 0.6 is 23.5 Å². The molecule has 0 amide bonds. The molecule has 0 aliphatic rings. The van der Waals surface area contributed by atoms with E-state index >= 15 is 0 Å². The van der Waals surface area contributed by atoms with E-state index in [-0.39, 0.29) is 22.2 Å². The Hall–Kier alpha value is -3.07. The molecule has 0 aliphatic carbocycles. The quantitative estimate of drug-likeness (QED) is 0.144. The topological polar surface area (TPSA) is 86.6 Å². The third-order valence-corrected chi connectivity index (χ3v) is 8.17. The standard InChI is InChI=1S/C25H21NO4S3/c1-17(27)16-31-24-15-23(21-12-5-6-13-22(21)25(24)28)26-33(29,30)20-11-7-10-19(14-20)32-18-8-3-2-4-9-18/h2-15,26-28H,1,16H2. The summed E-state index contributed by atoms with van der Waals surface area (Å²) < 4.78 is 29.2. The summed E-state index contributed by atoms with van der Waals surface area (Å²) in [5.41, 5.74) is 0.343. The van der Waals surface area contributed by atoms with Gasteiger partial charge < -0.3 is 10.2 Å².